The number of carbonyl (C=O) groups is 1. The molecule has 0 radical (unpaired) electrons. The number of halogens is 1. The number of alkyl halides is 1. The maximum atomic E-state index is 11.0. The van der Waals surface area contributed by atoms with Crippen LogP contribution < -0.4 is 5.32 Å². The first kappa shape index (κ1) is 9.34. The Morgan fingerprint density at radius 3 is 2.64 bits per heavy atom. The smallest absolute Gasteiger partial charge is 0.408 e. The van der Waals surface area contributed by atoms with E-state index in [4.69, 9.17) is 16.3 Å². The number of rotatable bonds is 2. The molecule has 1 fully saturated rings. The second kappa shape index (κ2) is 3.50. The zero-order chi connectivity index (χ0) is 10.0. The summed E-state index contributed by atoms with van der Waals surface area (Å²) in [5.74, 6) is 0.260. The van der Waals surface area contributed by atoms with Gasteiger partial charge in [0.15, 0.2) is 5.60 Å². The Labute approximate surface area is 87.0 Å². The lowest BCUT2D eigenvalue weighted by Gasteiger charge is -2.23. The highest BCUT2D eigenvalue weighted by Crippen LogP contribution is 2.30. The van der Waals surface area contributed by atoms with E-state index in [0.29, 0.717) is 6.54 Å². The molecular weight excluding hydrogens is 202 g/mol. The van der Waals surface area contributed by atoms with Crippen LogP contribution in [0.1, 0.15) is 5.56 Å². The van der Waals surface area contributed by atoms with Gasteiger partial charge in [0.25, 0.3) is 0 Å². The lowest BCUT2D eigenvalue weighted by molar-refractivity contribution is 0.0732. The summed E-state index contributed by atoms with van der Waals surface area (Å²) in [4.78, 5) is 11.0. The second-order valence-electron chi connectivity index (χ2n) is 3.24. The van der Waals surface area contributed by atoms with Crippen molar-refractivity contribution in [2.75, 3.05) is 12.4 Å². The van der Waals surface area contributed by atoms with Crippen molar-refractivity contribution < 1.29 is 9.53 Å². The van der Waals surface area contributed by atoms with Crippen LogP contribution in [0.15, 0.2) is 30.3 Å². The first-order valence-corrected chi connectivity index (χ1v) is 4.89. The van der Waals surface area contributed by atoms with Gasteiger partial charge < -0.3 is 10.1 Å². The summed E-state index contributed by atoms with van der Waals surface area (Å²) in [7, 11) is 0. The molecule has 3 nitrogen and oxygen atoms in total. The van der Waals surface area contributed by atoms with E-state index in [1.54, 1.807) is 0 Å². The fourth-order valence-corrected chi connectivity index (χ4v) is 1.82. The zero-order valence-electron chi connectivity index (χ0n) is 7.50. The fourth-order valence-electron chi connectivity index (χ4n) is 1.52. The number of ether oxygens (including phenoxy) is 1. The molecule has 74 valence electrons. The SMILES string of the molecule is O=C1NC[C@](CCl)(c2ccccc2)O1. The molecule has 0 bridgehead atoms. The van der Waals surface area contributed by atoms with Gasteiger partial charge in [-0.2, -0.15) is 0 Å². The van der Waals surface area contributed by atoms with E-state index in [9.17, 15) is 4.79 Å². The topological polar surface area (TPSA) is 38.3 Å². The number of carbonyl (C=O) groups excluding carboxylic acids is 1. The van der Waals surface area contributed by atoms with E-state index >= 15 is 0 Å². The number of amides is 1. The van der Waals surface area contributed by atoms with Crippen LogP contribution in [0.25, 0.3) is 0 Å². The number of alkyl carbamates (subject to hydrolysis) is 1. The van der Waals surface area contributed by atoms with Crippen LogP contribution in [0.4, 0.5) is 4.79 Å². The van der Waals surface area contributed by atoms with Gasteiger partial charge in [-0.05, 0) is 5.56 Å². The van der Waals surface area contributed by atoms with Crippen LogP contribution in [-0.4, -0.2) is 18.5 Å². The molecule has 0 spiro atoms. The monoisotopic (exact) mass is 211 g/mol. The van der Waals surface area contributed by atoms with Crippen LogP contribution in [0.3, 0.4) is 0 Å². The standard InChI is InChI=1S/C10H10ClNO2/c11-6-10(7-12-9(13)14-10)8-4-2-1-3-5-8/h1-5H,6-7H2,(H,12,13)/t10-/m1/s1. The molecule has 1 atom stereocenters. The molecule has 1 heterocycles. The van der Waals surface area contributed by atoms with Gasteiger partial charge in [0.2, 0.25) is 0 Å². The normalized spacial score (nSPS) is 25.6. The molecule has 0 aliphatic carbocycles. The van der Waals surface area contributed by atoms with E-state index in [1.807, 2.05) is 30.3 Å². The predicted octanol–water partition coefficient (Wildman–Crippen LogP) is 1.86. The molecule has 1 aromatic rings. The van der Waals surface area contributed by atoms with Gasteiger partial charge in [-0.25, -0.2) is 4.79 Å². The molecule has 0 saturated carbocycles. The van der Waals surface area contributed by atoms with Crippen molar-refractivity contribution >= 4 is 17.7 Å². The molecule has 1 aromatic carbocycles. The third-order valence-electron chi connectivity index (χ3n) is 2.32. The highest BCUT2D eigenvalue weighted by atomic mass is 35.5. The van der Waals surface area contributed by atoms with Crippen LogP contribution in [-0.2, 0) is 10.3 Å². The van der Waals surface area contributed by atoms with Gasteiger partial charge >= 0.3 is 6.09 Å². The van der Waals surface area contributed by atoms with E-state index < -0.39 is 11.7 Å². The van der Waals surface area contributed by atoms with Gasteiger partial charge in [0.1, 0.15) is 0 Å². The van der Waals surface area contributed by atoms with Gasteiger partial charge in [-0.1, -0.05) is 30.3 Å². The van der Waals surface area contributed by atoms with Crippen molar-refractivity contribution in [2.45, 2.75) is 5.60 Å². The van der Waals surface area contributed by atoms with Crippen molar-refractivity contribution in [3.8, 4) is 0 Å². The molecule has 1 amide bonds. The summed E-state index contributed by atoms with van der Waals surface area (Å²) in [5, 5.41) is 2.61. The molecule has 2 rings (SSSR count). The fraction of sp³-hybridized carbons (Fsp3) is 0.300. The average molecular weight is 212 g/mol. The number of cyclic esters (lactones) is 1. The Morgan fingerprint density at radius 2 is 2.14 bits per heavy atom. The number of hydrogen-bond donors (Lipinski definition) is 1. The Morgan fingerprint density at radius 1 is 1.43 bits per heavy atom. The van der Waals surface area contributed by atoms with Crippen LogP contribution in [0.2, 0.25) is 0 Å². The minimum Gasteiger partial charge on any atom is -0.435 e. The third kappa shape index (κ3) is 1.44. The summed E-state index contributed by atoms with van der Waals surface area (Å²) >= 11 is 5.85. The van der Waals surface area contributed by atoms with E-state index in [1.165, 1.54) is 0 Å². The maximum absolute atomic E-state index is 11.0. The second-order valence-corrected chi connectivity index (χ2v) is 3.50. The number of nitrogens with one attached hydrogen (secondary N) is 1. The largest absolute Gasteiger partial charge is 0.435 e. The lowest BCUT2D eigenvalue weighted by atomic mass is 9.96. The van der Waals surface area contributed by atoms with E-state index in [-0.39, 0.29) is 5.88 Å². The first-order valence-electron chi connectivity index (χ1n) is 4.35. The first-order chi connectivity index (χ1) is 6.77. The van der Waals surface area contributed by atoms with Crippen molar-refractivity contribution in [3.63, 3.8) is 0 Å². The van der Waals surface area contributed by atoms with Crippen molar-refractivity contribution in [1.29, 1.82) is 0 Å². The van der Waals surface area contributed by atoms with E-state index in [2.05, 4.69) is 5.32 Å². The summed E-state index contributed by atoms with van der Waals surface area (Å²) in [6.07, 6.45) is -0.408. The zero-order valence-corrected chi connectivity index (χ0v) is 8.25. The highest BCUT2D eigenvalue weighted by molar-refractivity contribution is 6.18. The molecule has 1 saturated heterocycles. The van der Waals surface area contributed by atoms with Crippen LogP contribution >= 0.6 is 11.6 Å². The maximum Gasteiger partial charge on any atom is 0.408 e. The Kier molecular flexibility index (Phi) is 2.33. The van der Waals surface area contributed by atoms with Gasteiger partial charge in [-0.15, -0.1) is 11.6 Å². The third-order valence-corrected chi connectivity index (χ3v) is 2.75. The highest BCUT2D eigenvalue weighted by Gasteiger charge is 2.41. The number of hydrogen-bond acceptors (Lipinski definition) is 2. The van der Waals surface area contributed by atoms with Gasteiger partial charge in [0.05, 0.1) is 12.4 Å². The molecule has 14 heavy (non-hydrogen) atoms. The average Bonchev–Trinajstić information content (AvgIpc) is 2.63. The summed E-state index contributed by atoms with van der Waals surface area (Å²) < 4.78 is 5.20. The quantitative estimate of drug-likeness (QED) is 0.759. The molecule has 0 aromatic heterocycles. The molecule has 1 aliphatic rings. The van der Waals surface area contributed by atoms with Gasteiger partial charge in [-0.3, -0.25) is 0 Å². The minimum absolute atomic E-state index is 0.260. The van der Waals surface area contributed by atoms with Crippen molar-refractivity contribution in [3.05, 3.63) is 35.9 Å². The van der Waals surface area contributed by atoms with Crippen LogP contribution in [0.5, 0.6) is 0 Å². The van der Waals surface area contributed by atoms with Gasteiger partial charge in [0, 0.05) is 0 Å². The molecule has 4 heteroatoms. The minimum atomic E-state index is -0.695. The number of benzene rings is 1. The molecular formula is C10H10ClNO2. The summed E-state index contributed by atoms with van der Waals surface area (Å²) in [6, 6.07) is 9.52. The molecule has 1 N–H and O–H groups in total. The Hall–Kier alpha value is -1.22. The predicted molar refractivity (Wildman–Crippen MR) is 53.3 cm³/mol. The summed E-state index contributed by atoms with van der Waals surface area (Å²) in [5.41, 5.74) is 0.230. The van der Waals surface area contributed by atoms with Crippen molar-refractivity contribution in [2.24, 2.45) is 0 Å². The summed E-state index contributed by atoms with van der Waals surface area (Å²) in [6.45, 7) is 0.430. The van der Waals surface area contributed by atoms with Crippen molar-refractivity contribution in [1.82, 2.24) is 5.32 Å². The Bertz CT molecular complexity index is 341. The van der Waals surface area contributed by atoms with Crippen LogP contribution in [0, 0.1) is 0 Å². The Balaban J connectivity index is 2.34. The molecule has 0 unspecified atom stereocenters. The lowest BCUT2D eigenvalue weighted by Crippen LogP contribution is -2.32. The van der Waals surface area contributed by atoms with E-state index in [0.717, 1.165) is 5.56 Å². The molecule has 1 aliphatic heterocycles.